The fourth-order valence-electron chi connectivity index (χ4n) is 2.20. The van der Waals surface area contributed by atoms with Gasteiger partial charge in [0.25, 0.3) is 5.91 Å². The lowest BCUT2D eigenvalue weighted by Gasteiger charge is -2.18. The number of hydrogen-bond donors (Lipinski definition) is 2. The van der Waals surface area contributed by atoms with Crippen LogP contribution in [0.3, 0.4) is 0 Å². The maximum absolute atomic E-state index is 12.2. The van der Waals surface area contributed by atoms with Gasteiger partial charge in [-0.15, -0.1) is 0 Å². The van der Waals surface area contributed by atoms with Crippen molar-refractivity contribution in [1.29, 1.82) is 0 Å². The third kappa shape index (κ3) is 3.33. The van der Waals surface area contributed by atoms with Crippen LogP contribution in [0.4, 0.5) is 0 Å². The van der Waals surface area contributed by atoms with E-state index < -0.39 is 17.9 Å². The molecular formula is C16H19N3O3. The van der Waals surface area contributed by atoms with Crippen molar-refractivity contribution in [1.82, 2.24) is 15.1 Å². The number of carboxylic acids is 1. The molecular weight excluding hydrogens is 282 g/mol. The predicted octanol–water partition coefficient (Wildman–Crippen LogP) is 2.02. The number of nitrogens with zero attached hydrogens (tertiary/aromatic N) is 2. The molecule has 0 saturated heterocycles. The summed E-state index contributed by atoms with van der Waals surface area (Å²) in [5.74, 6) is -1.62. The number of rotatable bonds is 5. The zero-order valence-electron chi connectivity index (χ0n) is 12.8. The number of aliphatic carboxylic acids is 1. The van der Waals surface area contributed by atoms with Crippen LogP contribution in [0.5, 0.6) is 0 Å². The van der Waals surface area contributed by atoms with E-state index in [0.717, 1.165) is 11.3 Å². The number of carbonyl (C=O) groups excluding carboxylic acids is 1. The number of aryl methyl sites for hydroxylation is 1. The molecule has 0 fully saturated rings. The van der Waals surface area contributed by atoms with Gasteiger partial charge in [0.05, 0.1) is 5.69 Å². The van der Waals surface area contributed by atoms with Crippen molar-refractivity contribution in [3.8, 4) is 5.69 Å². The molecule has 6 heteroatoms. The van der Waals surface area contributed by atoms with Gasteiger partial charge in [-0.25, -0.2) is 9.48 Å². The van der Waals surface area contributed by atoms with Crippen LogP contribution in [0.15, 0.2) is 36.7 Å². The van der Waals surface area contributed by atoms with Crippen LogP contribution >= 0.6 is 0 Å². The normalized spacial score (nSPS) is 12.2. The molecule has 0 bridgehead atoms. The molecule has 2 N–H and O–H groups in total. The average molecular weight is 301 g/mol. The Balaban J connectivity index is 2.21. The zero-order chi connectivity index (χ0) is 16.3. The first-order chi connectivity index (χ1) is 10.4. The Morgan fingerprint density at radius 3 is 2.55 bits per heavy atom. The smallest absolute Gasteiger partial charge is 0.326 e. The monoisotopic (exact) mass is 301 g/mol. The van der Waals surface area contributed by atoms with Crippen LogP contribution in [-0.2, 0) is 4.79 Å². The molecule has 2 aromatic rings. The molecule has 0 saturated carbocycles. The van der Waals surface area contributed by atoms with E-state index in [-0.39, 0.29) is 5.92 Å². The highest BCUT2D eigenvalue weighted by Gasteiger charge is 2.24. The summed E-state index contributed by atoms with van der Waals surface area (Å²) in [5.41, 5.74) is 2.19. The molecule has 6 nitrogen and oxygen atoms in total. The fraction of sp³-hybridized carbons (Fsp3) is 0.312. The highest BCUT2D eigenvalue weighted by Crippen LogP contribution is 2.15. The van der Waals surface area contributed by atoms with E-state index in [4.69, 9.17) is 5.11 Å². The Hall–Kier alpha value is -2.63. The minimum absolute atomic E-state index is 0.189. The maximum atomic E-state index is 12.2. The summed E-state index contributed by atoms with van der Waals surface area (Å²) < 4.78 is 1.71. The highest BCUT2D eigenvalue weighted by atomic mass is 16.4. The second-order valence-electron chi connectivity index (χ2n) is 5.49. The number of hydrogen-bond acceptors (Lipinski definition) is 3. The first kappa shape index (κ1) is 15.8. The lowest BCUT2D eigenvalue weighted by molar-refractivity contribution is -0.140. The van der Waals surface area contributed by atoms with Gasteiger partial charge in [0.1, 0.15) is 6.04 Å². The largest absolute Gasteiger partial charge is 0.480 e. The van der Waals surface area contributed by atoms with Gasteiger partial charge in [-0.2, -0.15) is 5.10 Å². The van der Waals surface area contributed by atoms with Crippen molar-refractivity contribution < 1.29 is 14.7 Å². The average Bonchev–Trinajstić information content (AvgIpc) is 2.97. The molecule has 1 heterocycles. The topological polar surface area (TPSA) is 84.2 Å². The first-order valence-electron chi connectivity index (χ1n) is 7.04. The number of carboxylic acid groups (broad SMARTS) is 1. The molecule has 0 radical (unpaired) electrons. The van der Waals surface area contributed by atoms with Gasteiger partial charge in [0, 0.05) is 18.0 Å². The lowest BCUT2D eigenvalue weighted by Crippen LogP contribution is -2.44. The van der Waals surface area contributed by atoms with Gasteiger partial charge >= 0.3 is 5.97 Å². The maximum Gasteiger partial charge on any atom is 0.326 e. The third-order valence-electron chi connectivity index (χ3n) is 3.43. The molecule has 1 atom stereocenters. The van der Waals surface area contributed by atoms with Crippen LogP contribution in [0.2, 0.25) is 0 Å². The van der Waals surface area contributed by atoms with Crippen molar-refractivity contribution in [3.05, 3.63) is 47.8 Å². The van der Waals surface area contributed by atoms with Crippen molar-refractivity contribution in [2.75, 3.05) is 0 Å². The number of nitrogens with one attached hydrogen (secondary N) is 1. The standard InChI is InChI=1S/C16H19N3O3/c1-10(2)14(16(21)22)18-15(20)12-5-6-13(11(3)9-12)19-8-4-7-17-19/h4-10,14H,1-3H3,(H,18,20)(H,21,22)/t14-/m0/s1. The van der Waals surface area contributed by atoms with E-state index in [9.17, 15) is 9.59 Å². The zero-order valence-corrected chi connectivity index (χ0v) is 12.8. The number of amides is 1. The minimum Gasteiger partial charge on any atom is -0.480 e. The molecule has 116 valence electrons. The second kappa shape index (κ2) is 6.43. The summed E-state index contributed by atoms with van der Waals surface area (Å²) in [4.78, 5) is 23.4. The fourth-order valence-corrected chi connectivity index (χ4v) is 2.20. The number of aromatic nitrogens is 2. The summed E-state index contributed by atoms with van der Waals surface area (Å²) in [6, 6.07) is 6.10. The van der Waals surface area contributed by atoms with E-state index in [2.05, 4.69) is 10.4 Å². The Morgan fingerprint density at radius 2 is 2.05 bits per heavy atom. The summed E-state index contributed by atoms with van der Waals surface area (Å²) >= 11 is 0. The predicted molar refractivity (Wildman–Crippen MR) is 82.0 cm³/mol. The van der Waals surface area contributed by atoms with E-state index in [1.54, 1.807) is 42.9 Å². The van der Waals surface area contributed by atoms with Crippen molar-refractivity contribution >= 4 is 11.9 Å². The van der Waals surface area contributed by atoms with Crippen molar-refractivity contribution in [2.24, 2.45) is 5.92 Å². The minimum atomic E-state index is -1.03. The molecule has 0 spiro atoms. The van der Waals surface area contributed by atoms with E-state index in [1.807, 2.05) is 19.2 Å². The Bertz CT molecular complexity index is 678. The van der Waals surface area contributed by atoms with Crippen molar-refractivity contribution in [3.63, 3.8) is 0 Å². The van der Waals surface area contributed by atoms with Crippen molar-refractivity contribution in [2.45, 2.75) is 26.8 Å². The van der Waals surface area contributed by atoms with Gasteiger partial charge in [-0.3, -0.25) is 4.79 Å². The summed E-state index contributed by atoms with van der Waals surface area (Å²) in [7, 11) is 0. The molecule has 0 aliphatic carbocycles. The molecule has 1 amide bonds. The first-order valence-corrected chi connectivity index (χ1v) is 7.04. The van der Waals surface area contributed by atoms with Crippen LogP contribution < -0.4 is 5.32 Å². The van der Waals surface area contributed by atoms with Crippen LogP contribution in [-0.4, -0.2) is 32.8 Å². The number of benzene rings is 1. The second-order valence-corrected chi connectivity index (χ2v) is 5.49. The summed E-state index contributed by atoms with van der Waals surface area (Å²) in [5, 5.41) is 15.8. The molecule has 22 heavy (non-hydrogen) atoms. The molecule has 1 aromatic heterocycles. The molecule has 0 aliphatic heterocycles. The molecule has 1 aromatic carbocycles. The quantitative estimate of drug-likeness (QED) is 0.885. The lowest BCUT2D eigenvalue weighted by atomic mass is 10.0. The van der Waals surface area contributed by atoms with Gasteiger partial charge < -0.3 is 10.4 Å². The molecule has 0 aliphatic rings. The van der Waals surface area contributed by atoms with E-state index in [1.165, 1.54) is 0 Å². The molecule has 0 unspecified atom stereocenters. The van der Waals surface area contributed by atoms with Crippen LogP contribution in [0.25, 0.3) is 5.69 Å². The van der Waals surface area contributed by atoms with E-state index >= 15 is 0 Å². The van der Waals surface area contributed by atoms with Crippen LogP contribution in [0, 0.1) is 12.8 Å². The van der Waals surface area contributed by atoms with Gasteiger partial charge in [0.2, 0.25) is 0 Å². The molecule has 2 rings (SSSR count). The summed E-state index contributed by atoms with van der Waals surface area (Å²) in [6.45, 7) is 5.39. The third-order valence-corrected chi connectivity index (χ3v) is 3.43. The van der Waals surface area contributed by atoms with Gasteiger partial charge in [-0.05, 0) is 42.7 Å². The van der Waals surface area contributed by atoms with Crippen LogP contribution in [0.1, 0.15) is 29.8 Å². The van der Waals surface area contributed by atoms with Gasteiger partial charge in [-0.1, -0.05) is 13.8 Å². The Labute approximate surface area is 128 Å². The Morgan fingerprint density at radius 1 is 1.32 bits per heavy atom. The Kier molecular flexibility index (Phi) is 4.60. The number of carbonyl (C=O) groups is 2. The SMILES string of the molecule is Cc1cc(C(=O)N[C@H](C(=O)O)C(C)C)ccc1-n1cccn1. The van der Waals surface area contributed by atoms with Gasteiger partial charge in [0.15, 0.2) is 0 Å². The van der Waals surface area contributed by atoms with E-state index in [0.29, 0.717) is 5.56 Å². The summed E-state index contributed by atoms with van der Waals surface area (Å²) in [6.07, 6.45) is 3.50. The highest BCUT2D eigenvalue weighted by molar-refractivity contribution is 5.97.